The van der Waals surface area contributed by atoms with Gasteiger partial charge >= 0.3 is 0 Å². The molecule has 0 aliphatic heterocycles. The predicted octanol–water partition coefficient (Wildman–Crippen LogP) is 2.00. The highest BCUT2D eigenvalue weighted by atomic mass is 16.5. The zero-order valence-corrected chi connectivity index (χ0v) is 9.18. The Labute approximate surface area is 93.5 Å². The number of hydrogen-bond donors (Lipinski definition) is 0. The highest BCUT2D eigenvalue weighted by molar-refractivity contribution is 5.81. The quantitative estimate of drug-likeness (QED) is 0.737. The first-order valence-electron chi connectivity index (χ1n) is 4.89. The lowest BCUT2D eigenvalue weighted by atomic mass is 10.2. The van der Waals surface area contributed by atoms with E-state index in [0.29, 0.717) is 11.3 Å². The Balaban J connectivity index is 2.52. The lowest BCUT2D eigenvalue weighted by molar-refractivity contribution is 0.112. The van der Waals surface area contributed by atoms with E-state index in [2.05, 4.69) is 5.10 Å². The van der Waals surface area contributed by atoms with E-state index in [1.165, 1.54) is 0 Å². The molecule has 0 aliphatic carbocycles. The maximum atomic E-state index is 11.0. The second kappa shape index (κ2) is 4.18. The van der Waals surface area contributed by atoms with Crippen LogP contribution in [0.5, 0.6) is 5.75 Å². The van der Waals surface area contributed by atoms with Crippen LogP contribution in [0.2, 0.25) is 0 Å². The van der Waals surface area contributed by atoms with Crippen molar-refractivity contribution in [3.8, 4) is 11.4 Å². The number of hydrogen-bond acceptors (Lipinski definition) is 3. The second-order valence-electron chi connectivity index (χ2n) is 3.50. The molecule has 4 heteroatoms. The fourth-order valence-electron chi connectivity index (χ4n) is 1.51. The summed E-state index contributed by atoms with van der Waals surface area (Å²) in [6.07, 6.45) is 4.42. The molecule has 16 heavy (non-hydrogen) atoms. The fourth-order valence-corrected chi connectivity index (χ4v) is 1.51. The number of benzene rings is 1. The molecule has 0 saturated heterocycles. The standard InChI is InChI=1S/C12H12N2O2/c1-9-6-13-14(7-9)12-4-3-11(16-2)5-10(12)8-15/h3-8H,1-2H3. The van der Waals surface area contributed by atoms with E-state index in [9.17, 15) is 4.79 Å². The SMILES string of the molecule is COc1ccc(-n2cc(C)cn2)c(C=O)c1. The maximum Gasteiger partial charge on any atom is 0.152 e. The number of aryl methyl sites for hydroxylation is 1. The summed E-state index contributed by atoms with van der Waals surface area (Å²) in [6.45, 7) is 1.95. The van der Waals surface area contributed by atoms with Gasteiger partial charge < -0.3 is 4.74 Å². The molecule has 2 rings (SSSR count). The minimum absolute atomic E-state index is 0.558. The van der Waals surface area contributed by atoms with Gasteiger partial charge in [0.2, 0.25) is 0 Å². The Hall–Kier alpha value is -2.10. The van der Waals surface area contributed by atoms with Crippen LogP contribution in [0.3, 0.4) is 0 Å². The van der Waals surface area contributed by atoms with Crippen LogP contribution in [0.4, 0.5) is 0 Å². The highest BCUT2D eigenvalue weighted by Gasteiger charge is 2.06. The largest absolute Gasteiger partial charge is 0.497 e. The van der Waals surface area contributed by atoms with E-state index in [1.54, 1.807) is 30.1 Å². The normalized spacial score (nSPS) is 10.1. The summed E-state index contributed by atoms with van der Waals surface area (Å²) in [4.78, 5) is 11.0. The Morgan fingerprint density at radius 3 is 2.81 bits per heavy atom. The Bertz CT molecular complexity index is 517. The van der Waals surface area contributed by atoms with E-state index in [4.69, 9.17) is 4.74 Å². The zero-order chi connectivity index (χ0) is 11.5. The van der Waals surface area contributed by atoms with Crippen molar-refractivity contribution in [1.29, 1.82) is 0 Å². The molecule has 0 saturated carbocycles. The molecule has 4 nitrogen and oxygen atoms in total. The van der Waals surface area contributed by atoms with Crippen LogP contribution in [0.15, 0.2) is 30.6 Å². The summed E-state index contributed by atoms with van der Waals surface area (Å²) in [6, 6.07) is 5.31. The minimum Gasteiger partial charge on any atom is -0.497 e. The Morgan fingerprint density at radius 1 is 1.44 bits per heavy atom. The van der Waals surface area contributed by atoms with Gasteiger partial charge in [0.1, 0.15) is 5.75 Å². The average molecular weight is 216 g/mol. The summed E-state index contributed by atoms with van der Waals surface area (Å²) in [5, 5.41) is 4.17. The van der Waals surface area contributed by atoms with Gasteiger partial charge in [-0.3, -0.25) is 4.79 Å². The molecule has 0 fully saturated rings. The summed E-state index contributed by atoms with van der Waals surface area (Å²) in [5.74, 6) is 0.662. The van der Waals surface area contributed by atoms with Gasteiger partial charge in [-0.2, -0.15) is 5.10 Å². The second-order valence-corrected chi connectivity index (χ2v) is 3.50. The molecule has 0 bridgehead atoms. The molecule has 1 heterocycles. The van der Waals surface area contributed by atoms with Crippen LogP contribution in [0.25, 0.3) is 5.69 Å². The van der Waals surface area contributed by atoms with Crippen molar-refractivity contribution in [1.82, 2.24) is 9.78 Å². The number of methoxy groups -OCH3 is 1. The van der Waals surface area contributed by atoms with E-state index in [0.717, 1.165) is 17.5 Å². The van der Waals surface area contributed by atoms with Gasteiger partial charge in [0.15, 0.2) is 6.29 Å². The first kappa shape index (κ1) is 10.4. The molecule has 0 unspecified atom stereocenters. The molecular weight excluding hydrogens is 204 g/mol. The lowest BCUT2D eigenvalue weighted by Crippen LogP contribution is -1.99. The predicted molar refractivity (Wildman–Crippen MR) is 60.2 cm³/mol. The molecule has 0 aliphatic rings. The van der Waals surface area contributed by atoms with Gasteiger partial charge in [-0.15, -0.1) is 0 Å². The molecule has 0 radical (unpaired) electrons. The Morgan fingerprint density at radius 2 is 2.25 bits per heavy atom. The van der Waals surface area contributed by atoms with Gasteiger partial charge in [0, 0.05) is 11.8 Å². The molecule has 0 N–H and O–H groups in total. The van der Waals surface area contributed by atoms with Crippen molar-refractivity contribution in [2.24, 2.45) is 0 Å². The highest BCUT2D eigenvalue weighted by Crippen LogP contribution is 2.19. The molecule has 0 spiro atoms. The molecular formula is C12H12N2O2. The first-order valence-corrected chi connectivity index (χ1v) is 4.89. The number of carbonyl (C=O) groups is 1. The van der Waals surface area contributed by atoms with Crippen molar-refractivity contribution in [2.45, 2.75) is 6.92 Å². The first-order chi connectivity index (χ1) is 7.74. The number of ether oxygens (including phenoxy) is 1. The van der Waals surface area contributed by atoms with Crippen molar-refractivity contribution in [3.63, 3.8) is 0 Å². The number of aromatic nitrogens is 2. The van der Waals surface area contributed by atoms with Crippen LogP contribution in [0, 0.1) is 6.92 Å². The van der Waals surface area contributed by atoms with E-state index in [-0.39, 0.29) is 0 Å². The van der Waals surface area contributed by atoms with Crippen molar-refractivity contribution < 1.29 is 9.53 Å². The average Bonchev–Trinajstić information content (AvgIpc) is 2.74. The summed E-state index contributed by atoms with van der Waals surface area (Å²) < 4.78 is 6.74. The van der Waals surface area contributed by atoms with Crippen molar-refractivity contribution >= 4 is 6.29 Å². The number of carbonyl (C=O) groups excluding carboxylic acids is 1. The van der Waals surface area contributed by atoms with E-state index >= 15 is 0 Å². The van der Waals surface area contributed by atoms with Crippen LogP contribution < -0.4 is 4.74 Å². The minimum atomic E-state index is 0.558. The van der Waals surface area contributed by atoms with Gasteiger partial charge in [0.05, 0.1) is 19.0 Å². The fraction of sp³-hybridized carbons (Fsp3) is 0.167. The van der Waals surface area contributed by atoms with Crippen LogP contribution in [-0.2, 0) is 0 Å². The summed E-state index contributed by atoms with van der Waals surface area (Å²) >= 11 is 0. The van der Waals surface area contributed by atoms with Crippen LogP contribution in [-0.4, -0.2) is 23.2 Å². The number of nitrogens with zero attached hydrogens (tertiary/aromatic N) is 2. The summed E-state index contributed by atoms with van der Waals surface area (Å²) in [5.41, 5.74) is 2.36. The van der Waals surface area contributed by atoms with E-state index < -0.39 is 0 Å². The van der Waals surface area contributed by atoms with Crippen LogP contribution in [0.1, 0.15) is 15.9 Å². The maximum absolute atomic E-state index is 11.0. The third kappa shape index (κ3) is 1.82. The van der Waals surface area contributed by atoms with Gasteiger partial charge in [0.25, 0.3) is 0 Å². The number of rotatable bonds is 3. The number of aldehydes is 1. The Kier molecular flexibility index (Phi) is 2.72. The molecule has 1 aromatic heterocycles. The molecule has 0 amide bonds. The lowest BCUT2D eigenvalue weighted by Gasteiger charge is -2.06. The smallest absolute Gasteiger partial charge is 0.152 e. The molecule has 82 valence electrons. The van der Waals surface area contributed by atoms with Crippen molar-refractivity contribution in [2.75, 3.05) is 7.11 Å². The summed E-state index contributed by atoms with van der Waals surface area (Å²) in [7, 11) is 1.57. The zero-order valence-electron chi connectivity index (χ0n) is 9.18. The van der Waals surface area contributed by atoms with Crippen molar-refractivity contribution in [3.05, 3.63) is 41.7 Å². The topological polar surface area (TPSA) is 44.1 Å². The van der Waals surface area contributed by atoms with Gasteiger partial charge in [-0.25, -0.2) is 4.68 Å². The molecule has 0 atom stereocenters. The molecule has 2 aromatic rings. The monoisotopic (exact) mass is 216 g/mol. The third-order valence-corrected chi connectivity index (χ3v) is 2.32. The van der Waals surface area contributed by atoms with E-state index in [1.807, 2.05) is 19.2 Å². The third-order valence-electron chi connectivity index (χ3n) is 2.32. The van der Waals surface area contributed by atoms with Gasteiger partial charge in [-0.1, -0.05) is 0 Å². The van der Waals surface area contributed by atoms with Crippen LogP contribution >= 0.6 is 0 Å². The van der Waals surface area contributed by atoms with Gasteiger partial charge in [-0.05, 0) is 30.7 Å². The molecule has 1 aromatic carbocycles.